The van der Waals surface area contributed by atoms with Gasteiger partial charge < -0.3 is 10.2 Å². The number of thioether (sulfide) groups is 1. The van der Waals surface area contributed by atoms with Crippen molar-refractivity contribution in [2.45, 2.75) is 24.0 Å². The van der Waals surface area contributed by atoms with E-state index in [1.54, 1.807) is 11.8 Å². The Labute approximate surface area is 101 Å². The van der Waals surface area contributed by atoms with Gasteiger partial charge in [0, 0.05) is 25.8 Å². The molecule has 1 fully saturated rings. The van der Waals surface area contributed by atoms with Gasteiger partial charge in [-0.05, 0) is 31.7 Å². The Morgan fingerprint density at radius 3 is 3.19 bits per heavy atom. The van der Waals surface area contributed by atoms with E-state index in [1.807, 2.05) is 18.5 Å². The molecule has 1 aliphatic rings. The minimum absolute atomic E-state index is 0.609. The molecule has 0 radical (unpaired) electrons. The molecule has 5 heteroatoms. The van der Waals surface area contributed by atoms with Crippen LogP contribution in [0.15, 0.2) is 17.4 Å². The zero-order valence-corrected chi connectivity index (χ0v) is 10.6. The summed E-state index contributed by atoms with van der Waals surface area (Å²) in [5.41, 5.74) is 0. The zero-order chi connectivity index (χ0) is 11.4. The van der Waals surface area contributed by atoms with Crippen molar-refractivity contribution in [1.82, 2.24) is 15.3 Å². The Kier molecular flexibility index (Phi) is 4.01. The van der Waals surface area contributed by atoms with Crippen molar-refractivity contribution in [2.75, 3.05) is 31.3 Å². The third kappa shape index (κ3) is 2.86. The van der Waals surface area contributed by atoms with Gasteiger partial charge in [-0.2, -0.15) is 0 Å². The van der Waals surface area contributed by atoms with Crippen molar-refractivity contribution in [1.29, 1.82) is 0 Å². The quantitative estimate of drug-likeness (QED) is 0.634. The molecule has 0 spiro atoms. The summed E-state index contributed by atoms with van der Waals surface area (Å²) < 4.78 is 0. The van der Waals surface area contributed by atoms with Crippen molar-refractivity contribution in [3.05, 3.63) is 12.3 Å². The lowest BCUT2D eigenvalue weighted by molar-refractivity contribution is 0.596. The number of nitrogens with zero attached hydrogens (tertiary/aromatic N) is 3. The van der Waals surface area contributed by atoms with Crippen molar-refractivity contribution >= 4 is 17.6 Å². The Balaban J connectivity index is 1.98. The largest absolute Gasteiger partial charge is 0.358 e. The van der Waals surface area contributed by atoms with Crippen molar-refractivity contribution < 1.29 is 0 Å². The van der Waals surface area contributed by atoms with Gasteiger partial charge in [-0.3, -0.25) is 0 Å². The molecule has 1 aromatic heterocycles. The fourth-order valence-corrected chi connectivity index (χ4v) is 2.33. The minimum Gasteiger partial charge on any atom is -0.358 e. The average molecular weight is 238 g/mol. The third-order valence-corrected chi connectivity index (χ3v) is 3.41. The van der Waals surface area contributed by atoms with E-state index in [9.17, 15) is 0 Å². The summed E-state index contributed by atoms with van der Waals surface area (Å²) in [6, 6.07) is 2.58. The maximum atomic E-state index is 4.48. The molecule has 88 valence electrons. The second kappa shape index (κ2) is 5.50. The molecular weight excluding hydrogens is 220 g/mol. The van der Waals surface area contributed by atoms with E-state index in [-0.39, 0.29) is 0 Å². The van der Waals surface area contributed by atoms with E-state index in [0.717, 1.165) is 24.1 Å². The molecule has 0 aliphatic carbocycles. The summed E-state index contributed by atoms with van der Waals surface area (Å²) in [5, 5.41) is 4.33. The molecule has 16 heavy (non-hydrogen) atoms. The Hall–Kier alpha value is -0.810. The van der Waals surface area contributed by atoms with Crippen molar-refractivity contribution in [2.24, 2.45) is 0 Å². The van der Waals surface area contributed by atoms with Crippen LogP contribution in [0.4, 0.5) is 5.82 Å². The van der Waals surface area contributed by atoms with E-state index in [1.165, 1.54) is 12.8 Å². The fourth-order valence-electron chi connectivity index (χ4n) is 1.98. The lowest BCUT2D eigenvalue weighted by atomic mass is 10.2. The second-order valence-corrected chi connectivity index (χ2v) is 4.85. The molecule has 0 aromatic carbocycles. The van der Waals surface area contributed by atoms with Crippen LogP contribution in [0.2, 0.25) is 0 Å². The Bertz CT molecular complexity index is 339. The van der Waals surface area contributed by atoms with Gasteiger partial charge in [-0.15, -0.1) is 0 Å². The summed E-state index contributed by atoms with van der Waals surface area (Å²) in [4.78, 5) is 10.9. The number of likely N-dealkylation sites (N-methyl/N-ethyl adjacent to an activating group) is 1. The first-order valence-corrected chi connectivity index (χ1v) is 6.83. The molecule has 1 aliphatic heterocycles. The van der Waals surface area contributed by atoms with Gasteiger partial charge in [0.1, 0.15) is 5.82 Å². The molecular formula is C11H18N4S. The molecule has 1 aromatic rings. The Morgan fingerprint density at radius 1 is 1.62 bits per heavy atom. The van der Waals surface area contributed by atoms with Crippen LogP contribution in [-0.2, 0) is 0 Å². The number of rotatable bonds is 4. The molecule has 2 rings (SSSR count). The molecule has 0 unspecified atom stereocenters. The van der Waals surface area contributed by atoms with E-state index in [4.69, 9.17) is 0 Å². The summed E-state index contributed by atoms with van der Waals surface area (Å²) in [5.74, 6) is 1.01. The summed E-state index contributed by atoms with van der Waals surface area (Å²) in [7, 11) is 2.09. The maximum absolute atomic E-state index is 4.48. The first-order chi connectivity index (χ1) is 7.79. The van der Waals surface area contributed by atoms with Crippen molar-refractivity contribution in [3.63, 3.8) is 0 Å². The number of aromatic nitrogens is 2. The van der Waals surface area contributed by atoms with Crippen molar-refractivity contribution in [3.8, 4) is 0 Å². The monoisotopic (exact) mass is 238 g/mol. The minimum atomic E-state index is 0.609. The lowest BCUT2D eigenvalue weighted by Gasteiger charge is -2.22. The average Bonchev–Trinajstić information content (AvgIpc) is 2.82. The van der Waals surface area contributed by atoms with Gasteiger partial charge in [0.2, 0.25) is 0 Å². The van der Waals surface area contributed by atoms with Crippen LogP contribution in [0.3, 0.4) is 0 Å². The van der Waals surface area contributed by atoms with Crippen LogP contribution < -0.4 is 10.2 Å². The highest BCUT2D eigenvalue weighted by Gasteiger charge is 2.16. The number of hydrogen-bond acceptors (Lipinski definition) is 5. The maximum Gasteiger partial charge on any atom is 0.189 e. The molecule has 1 atom stereocenters. The van der Waals surface area contributed by atoms with Gasteiger partial charge >= 0.3 is 0 Å². The van der Waals surface area contributed by atoms with Crippen LogP contribution in [0.25, 0.3) is 0 Å². The smallest absolute Gasteiger partial charge is 0.189 e. The molecule has 1 saturated heterocycles. The van der Waals surface area contributed by atoms with Crippen LogP contribution in [0.1, 0.15) is 12.8 Å². The SMILES string of the molecule is CSc1nccc(N(C)C[C@@H]2CCCN2)n1. The normalized spacial score (nSPS) is 20.0. The van der Waals surface area contributed by atoms with Crippen LogP contribution in [0, 0.1) is 0 Å². The second-order valence-electron chi connectivity index (χ2n) is 4.08. The third-order valence-electron chi connectivity index (χ3n) is 2.85. The van der Waals surface area contributed by atoms with Gasteiger partial charge in [0.25, 0.3) is 0 Å². The van der Waals surface area contributed by atoms with Gasteiger partial charge in [0.05, 0.1) is 0 Å². The van der Waals surface area contributed by atoms with E-state index in [2.05, 4.69) is 27.2 Å². The summed E-state index contributed by atoms with van der Waals surface area (Å²) in [6.45, 7) is 2.17. The van der Waals surface area contributed by atoms with Crippen LogP contribution in [0.5, 0.6) is 0 Å². The summed E-state index contributed by atoms with van der Waals surface area (Å²) in [6.07, 6.45) is 6.38. The molecule has 4 nitrogen and oxygen atoms in total. The van der Waals surface area contributed by atoms with Gasteiger partial charge in [-0.25, -0.2) is 9.97 Å². The fraction of sp³-hybridized carbons (Fsp3) is 0.636. The zero-order valence-electron chi connectivity index (χ0n) is 9.81. The molecule has 0 amide bonds. The number of nitrogens with one attached hydrogen (secondary N) is 1. The molecule has 2 heterocycles. The molecule has 1 N–H and O–H groups in total. The van der Waals surface area contributed by atoms with E-state index < -0.39 is 0 Å². The predicted octanol–water partition coefficient (Wildman–Crippen LogP) is 1.39. The molecule has 0 bridgehead atoms. The van der Waals surface area contributed by atoms with Crippen LogP contribution in [-0.4, -0.2) is 42.4 Å². The predicted molar refractivity (Wildman–Crippen MR) is 68.1 cm³/mol. The number of anilines is 1. The highest BCUT2D eigenvalue weighted by Crippen LogP contribution is 2.15. The van der Waals surface area contributed by atoms with Crippen LogP contribution >= 0.6 is 11.8 Å². The highest BCUT2D eigenvalue weighted by atomic mass is 32.2. The number of hydrogen-bond donors (Lipinski definition) is 1. The standard InChI is InChI=1S/C11H18N4S/c1-15(8-9-4-3-6-12-9)10-5-7-13-11(14-10)16-2/h5,7,9,12H,3-4,6,8H2,1-2H3/t9-/m0/s1. The lowest BCUT2D eigenvalue weighted by Crippen LogP contribution is -2.35. The van der Waals surface area contributed by atoms with Gasteiger partial charge in [0.15, 0.2) is 5.16 Å². The summed E-state index contributed by atoms with van der Waals surface area (Å²) >= 11 is 1.58. The van der Waals surface area contributed by atoms with E-state index in [0.29, 0.717) is 6.04 Å². The molecule has 0 saturated carbocycles. The highest BCUT2D eigenvalue weighted by molar-refractivity contribution is 7.98. The first kappa shape index (κ1) is 11.7. The topological polar surface area (TPSA) is 41.1 Å². The van der Waals surface area contributed by atoms with Gasteiger partial charge in [-0.1, -0.05) is 11.8 Å². The van der Waals surface area contributed by atoms with E-state index >= 15 is 0 Å². The Morgan fingerprint density at radius 2 is 2.50 bits per heavy atom. The first-order valence-electron chi connectivity index (χ1n) is 5.61.